The quantitative estimate of drug-likeness (QED) is 0.851. The number of hydrogen-bond donors (Lipinski definition) is 1. The molecule has 3 unspecified atom stereocenters. The van der Waals surface area contributed by atoms with Crippen LogP contribution < -0.4 is 5.32 Å². The summed E-state index contributed by atoms with van der Waals surface area (Å²) in [6, 6.07) is -0.0822. The fraction of sp³-hybridized carbons (Fsp3) is 0.875. The number of nitrogens with one attached hydrogen (secondary N) is 1. The number of piperazine rings is 1. The van der Waals surface area contributed by atoms with E-state index in [4.69, 9.17) is 0 Å². The number of hydrogen-bond acceptors (Lipinski definition) is 3. The Labute approximate surface area is 131 Å². The van der Waals surface area contributed by atoms with Gasteiger partial charge in [-0.1, -0.05) is 25.7 Å². The molecule has 0 bridgehead atoms. The summed E-state index contributed by atoms with van der Waals surface area (Å²) in [7, 11) is 0. The predicted octanol–water partition coefficient (Wildman–Crippen LogP) is 2.32. The average Bonchev–Trinajstić information content (AvgIpc) is 2.96. The minimum atomic E-state index is -0.579. The van der Waals surface area contributed by atoms with Crippen molar-refractivity contribution < 1.29 is 9.59 Å². The average molecular weight is 310 g/mol. The van der Waals surface area contributed by atoms with Gasteiger partial charge >= 0.3 is 0 Å². The van der Waals surface area contributed by atoms with E-state index in [0.29, 0.717) is 5.25 Å². The molecule has 0 aromatic carbocycles. The maximum Gasteiger partial charge on any atom is 0.249 e. The SMILES string of the molecule is CSC1CCCCC1N1C(=O)C2(CCCC2)NC(=O)C1C. The predicted molar refractivity (Wildman–Crippen MR) is 85.2 cm³/mol. The third-order valence-electron chi connectivity index (χ3n) is 5.59. The van der Waals surface area contributed by atoms with Crippen molar-refractivity contribution in [2.24, 2.45) is 0 Å². The van der Waals surface area contributed by atoms with Crippen LogP contribution in [-0.4, -0.2) is 45.8 Å². The molecule has 0 aromatic heterocycles. The van der Waals surface area contributed by atoms with E-state index < -0.39 is 5.54 Å². The molecule has 1 aliphatic heterocycles. The Morgan fingerprint density at radius 1 is 1.14 bits per heavy atom. The molecule has 3 atom stereocenters. The number of nitrogens with zero attached hydrogens (tertiary/aromatic N) is 1. The first-order chi connectivity index (χ1) is 10.1. The van der Waals surface area contributed by atoms with Crippen LogP contribution in [-0.2, 0) is 9.59 Å². The van der Waals surface area contributed by atoms with Crippen LogP contribution in [0.25, 0.3) is 0 Å². The van der Waals surface area contributed by atoms with Gasteiger partial charge in [-0.2, -0.15) is 11.8 Å². The normalized spacial score (nSPS) is 36.1. The zero-order chi connectivity index (χ0) is 15.0. The van der Waals surface area contributed by atoms with Crippen LogP contribution in [0.5, 0.6) is 0 Å². The molecular weight excluding hydrogens is 284 g/mol. The van der Waals surface area contributed by atoms with Gasteiger partial charge < -0.3 is 10.2 Å². The molecule has 0 aromatic rings. The third kappa shape index (κ3) is 2.47. The largest absolute Gasteiger partial charge is 0.340 e. The summed E-state index contributed by atoms with van der Waals surface area (Å²) in [5, 5.41) is 3.54. The number of carbonyl (C=O) groups excluding carboxylic acids is 2. The zero-order valence-electron chi connectivity index (χ0n) is 13.1. The van der Waals surface area contributed by atoms with Gasteiger partial charge in [-0.15, -0.1) is 0 Å². The van der Waals surface area contributed by atoms with Crippen molar-refractivity contribution in [3.63, 3.8) is 0 Å². The van der Waals surface area contributed by atoms with E-state index in [-0.39, 0.29) is 23.9 Å². The number of thioether (sulfide) groups is 1. The van der Waals surface area contributed by atoms with Crippen LogP contribution in [0.15, 0.2) is 0 Å². The Bertz CT molecular complexity index is 434. The number of carbonyl (C=O) groups is 2. The number of rotatable bonds is 2. The lowest BCUT2D eigenvalue weighted by atomic mass is 9.86. The molecule has 3 fully saturated rings. The second-order valence-electron chi connectivity index (χ2n) is 6.79. The molecular formula is C16H26N2O2S. The fourth-order valence-electron chi connectivity index (χ4n) is 4.37. The Morgan fingerprint density at radius 3 is 2.48 bits per heavy atom. The highest BCUT2D eigenvalue weighted by Crippen LogP contribution is 2.39. The third-order valence-corrected chi connectivity index (χ3v) is 6.74. The van der Waals surface area contributed by atoms with Crippen molar-refractivity contribution >= 4 is 23.6 Å². The van der Waals surface area contributed by atoms with Gasteiger partial charge in [-0.3, -0.25) is 9.59 Å². The molecule has 1 N–H and O–H groups in total. The van der Waals surface area contributed by atoms with Gasteiger partial charge in [0, 0.05) is 11.3 Å². The Hall–Kier alpha value is -0.710. The van der Waals surface area contributed by atoms with E-state index >= 15 is 0 Å². The summed E-state index contributed by atoms with van der Waals surface area (Å²) in [4.78, 5) is 27.6. The highest BCUT2D eigenvalue weighted by molar-refractivity contribution is 7.99. The molecule has 0 radical (unpaired) electrons. The molecule has 21 heavy (non-hydrogen) atoms. The van der Waals surface area contributed by atoms with E-state index in [9.17, 15) is 9.59 Å². The van der Waals surface area contributed by atoms with Crippen molar-refractivity contribution in [1.29, 1.82) is 0 Å². The van der Waals surface area contributed by atoms with E-state index in [1.807, 2.05) is 23.6 Å². The first kappa shape index (κ1) is 15.2. The molecule has 2 aliphatic carbocycles. The highest BCUT2D eigenvalue weighted by atomic mass is 32.2. The lowest BCUT2D eigenvalue weighted by molar-refractivity contribution is -0.157. The molecule has 2 amide bonds. The van der Waals surface area contributed by atoms with Gasteiger partial charge in [-0.05, 0) is 38.9 Å². The summed E-state index contributed by atoms with van der Waals surface area (Å²) in [6.07, 6.45) is 10.5. The standard InChI is InChI=1S/C16H26N2O2S/c1-11-14(19)17-16(9-5-6-10-16)15(20)18(11)12-7-3-4-8-13(12)21-2/h11-13H,3-10H2,1-2H3,(H,17,19). The molecule has 4 nitrogen and oxygen atoms in total. The minimum Gasteiger partial charge on any atom is -0.340 e. The fourth-order valence-corrected chi connectivity index (χ4v) is 5.35. The molecule has 118 valence electrons. The van der Waals surface area contributed by atoms with Crippen LogP contribution in [0.1, 0.15) is 58.3 Å². The zero-order valence-corrected chi connectivity index (χ0v) is 13.9. The van der Waals surface area contributed by atoms with Gasteiger partial charge in [0.05, 0.1) is 0 Å². The van der Waals surface area contributed by atoms with Gasteiger partial charge in [-0.25, -0.2) is 0 Å². The van der Waals surface area contributed by atoms with Crippen molar-refractivity contribution in [2.45, 2.75) is 81.2 Å². The van der Waals surface area contributed by atoms with Crippen molar-refractivity contribution in [2.75, 3.05) is 6.26 Å². The van der Waals surface area contributed by atoms with Crippen LogP contribution in [0.2, 0.25) is 0 Å². The Balaban J connectivity index is 1.90. The first-order valence-corrected chi connectivity index (χ1v) is 9.55. The summed E-state index contributed by atoms with van der Waals surface area (Å²) in [6.45, 7) is 1.89. The minimum absolute atomic E-state index is 0.0435. The maximum absolute atomic E-state index is 13.2. The van der Waals surface area contributed by atoms with Crippen LogP contribution in [0.4, 0.5) is 0 Å². The van der Waals surface area contributed by atoms with E-state index in [0.717, 1.165) is 38.5 Å². The lowest BCUT2D eigenvalue weighted by Crippen LogP contribution is -2.71. The molecule has 1 saturated heterocycles. The van der Waals surface area contributed by atoms with Crippen molar-refractivity contribution in [1.82, 2.24) is 10.2 Å². The molecule has 1 spiro atoms. The van der Waals surface area contributed by atoms with Crippen LogP contribution in [0, 0.1) is 0 Å². The molecule has 3 rings (SSSR count). The second-order valence-corrected chi connectivity index (χ2v) is 7.87. The highest BCUT2D eigenvalue weighted by Gasteiger charge is 2.53. The van der Waals surface area contributed by atoms with Gasteiger partial charge in [0.2, 0.25) is 11.8 Å². The summed E-state index contributed by atoms with van der Waals surface area (Å²) < 4.78 is 0. The van der Waals surface area contributed by atoms with Crippen LogP contribution in [0.3, 0.4) is 0 Å². The summed E-state index contributed by atoms with van der Waals surface area (Å²) in [5.74, 6) is 0.236. The topological polar surface area (TPSA) is 49.4 Å². The van der Waals surface area contributed by atoms with E-state index in [1.54, 1.807) is 0 Å². The monoisotopic (exact) mass is 310 g/mol. The van der Waals surface area contributed by atoms with Gasteiger partial charge in [0.15, 0.2) is 0 Å². The number of amides is 2. The smallest absolute Gasteiger partial charge is 0.249 e. The van der Waals surface area contributed by atoms with Crippen LogP contribution >= 0.6 is 11.8 Å². The van der Waals surface area contributed by atoms with E-state index in [2.05, 4.69) is 11.6 Å². The summed E-state index contributed by atoms with van der Waals surface area (Å²) >= 11 is 1.86. The second kappa shape index (κ2) is 5.82. The lowest BCUT2D eigenvalue weighted by Gasteiger charge is -2.49. The van der Waals surface area contributed by atoms with Crippen molar-refractivity contribution in [3.05, 3.63) is 0 Å². The van der Waals surface area contributed by atoms with Gasteiger partial charge in [0.1, 0.15) is 11.6 Å². The maximum atomic E-state index is 13.2. The Kier molecular flexibility index (Phi) is 4.21. The first-order valence-electron chi connectivity index (χ1n) is 8.27. The molecule has 1 heterocycles. The van der Waals surface area contributed by atoms with Gasteiger partial charge in [0.25, 0.3) is 0 Å². The molecule has 5 heteroatoms. The van der Waals surface area contributed by atoms with Crippen molar-refractivity contribution in [3.8, 4) is 0 Å². The van der Waals surface area contributed by atoms with E-state index in [1.165, 1.54) is 12.8 Å². The summed E-state index contributed by atoms with van der Waals surface area (Å²) in [5.41, 5.74) is -0.579. The molecule has 2 saturated carbocycles. The molecule has 3 aliphatic rings. The Morgan fingerprint density at radius 2 is 1.81 bits per heavy atom.